The number of carbonyl (C=O) groups is 3. The molecule has 1 unspecified atom stereocenters. The minimum Gasteiger partial charge on any atom is -0.493 e. The van der Waals surface area contributed by atoms with E-state index >= 15 is 0 Å². The minimum atomic E-state index is -0.658. The predicted octanol–water partition coefficient (Wildman–Crippen LogP) is 3.84. The Hall–Kier alpha value is -2.00. The Balaban J connectivity index is 2.31. The van der Waals surface area contributed by atoms with Crippen LogP contribution in [-0.2, 0) is 14.3 Å². The second-order valence-electron chi connectivity index (χ2n) is 5.71. The summed E-state index contributed by atoms with van der Waals surface area (Å²) in [6.07, 6.45) is 2.42. The van der Waals surface area contributed by atoms with Crippen molar-refractivity contribution in [2.45, 2.75) is 26.4 Å². The summed E-state index contributed by atoms with van der Waals surface area (Å²) in [4.78, 5) is 36.8. The summed E-state index contributed by atoms with van der Waals surface area (Å²) in [5.41, 5.74) is 0.652. The molecule has 0 radical (unpaired) electrons. The van der Waals surface area contributed by atoms with E-state index in [-0.39, 0.29) is 11.0 Å². The van der Waals surface area contributed by atoms with Gasteiger partial charge in [0.1, 0.15) is 6.54 Å². The van der Waals surface area contributed by atoms with Gasteiger partial charge in [-0.15, -0.1) is 0 Å². The number of hydrogen-bond donors (Lipinski definition) is 0. The van der Waals surface area contributed by atoms with Crippen LogP contribution in [0.4, 0.5) is 4.79 Å². The number of imide groups is 1. The molecule has 2 rings (SSSR count). The first-order valence-corrected chi connectivity index (χ1v) is 9.78. The fourth-order valence-electron chi connectivity index (χ4n) is 2.20. The lowest BCUT2D eigenvalue weighted by Gasteiger charge is -2.17. The molecule has 1 aromatic carbocycles. The van der Waals surface area contributed by atoms with Gasteiger partial charge < -0.3 is 14.2 Å². The molecule has 0 spiro atoms. The van der Waals surface area contributed by atoms with E-state index in [1.807, 2.05) is 13.8 Å². The summed E-state index contributed by atoms with van der Waals surface area (Å²) in [6, 6.07) is 3.49. The third-order valence-corrected chi connectivity index (χ3v) is 5.33. The molecule has 9 heteroatoms. The number of halogens is 1. The molecule has 1 saturated heterocycles. The second-order valence-corrected chi connectivity index (χ2v) is 7.56. The number of amides is 2. The standard InChI is InChI=1S/C18H20BrNO6S/c1-5-10(2)26-16-12(19)6-11(7-13(16)24-3)8-14-17(22)20(18(23)27-14)9-15(21)25-4/h6-8,10H,5,9H2,1-4H3/b14-8+. The van der Waals surface area contributed by atoms with Gasteiger partial charge in [-0.2, -0.15) is 0 Å². The lowest BCUT2D eigenvalue weighted by atomic mass is 10.1. The molecule has 7 nitrogen and oxygen atoms in total. The summed E-state index contributed by atoms with van der Waals surface area (Å²) >= 11 is 4.23. The molecule has 1 aliphatic rings. The van der Waals surface area contributed by atoms with E-state index < -0.39 is 23.7 Å². The van der Waals surface area contributed by atoms with Crippen molar-refractivity contribution in [3.8, 4) is 11.5 Å². The van der Waals surface area contributed by atoms with Crippen molar-refractivity contribution < 1.29 is 28.6 Å². The van der Waals surface area contributed by atoms with E-state index in [1.54, 1.807) is 18.2 Å². The zero-order valence-electron chi connectivity index (χ0n) is 15.4. The van der Waals surface area contributed by atoms with Gasteiger partial charge >= 0.3 is 5.97 Å². The lowest BCUT2D eigenvalue weighted by molar-refractivity contribution is -0.143. The van der Waals surface area contributed by atoms with E-state index in [9.17, 15) is 14.4 Å². The zero-order chi connectivity index (χ0) is 20.1. The monoisotopic (exact) mass is 457 g/mol. The van der Waals surface area contributed by atoms with E-state index in [0.29, 0.717) is 21.5 Å². The molecular weight excluding hydrogens is 438 g/mol. The van der Waals surface area contributed by atoms with Gasteiger partial charge in [-0.3, -0.25) is 19.3 Å². The Kier molecular flexibility index (Phi) is 7.32. The van der Waals surface area contributed by atoms with Gasteiger partial charge in [-0.05, 0) is 64.8 Å². The van der Waals surface area contributed by atoms with Gasteiger partial charge in [0.05, 0.1) is 29.7 Å². The molecule has 1 heterocycles. The summed E-state index contributed by atoms with van der Waals surface area (Å²) in [5.74, 6) is -0.118. The van der Waals surface area contributed by atoms with Crippen LogP contribution >= 0.6 is 27.7 Å². The Morgan fingerprint density at radius 1 is 1.33 bits per heavy atom. The van der Waals surface area contributed by atoms with Crippen molar-refractivity contribution in [3.63, 3.8) is 0 Å². The van der Waals surface area contributed by atoms with Gasteiger partial charge in [0.2, 0.25) is 0 Å². The first-order chi connectivity index (χ1) is 12.8. The number of rotatable bonds is 7. The van der Waals surface area contributed by atoms with Crippen LogP contribution in [0.3, 0.4) is 0 Å². The number of methoxy groups -OCH3 is 2. The molecule has 1 aliphatic heterocycles. The Morgan fingerprint density at radius 3 is 2.63 bits per heavy atom. The van der Waals surface area contributed by atoms with Crippen LogP contribution < -0.4 is 9.47 Å². The fourth-order valence-corrected chi connectivity index (χ4v) is 3.59. The van der Waals surface area contributed by atoms with Crippen molar-refractivity contribution in [3.05, 3.63) is 27.1 Å². The normalized spacial score (nSPS) is 16.6. The van der Waals surface area contributed by atoms with Crippen LogP contribution in [0.25, 0.3) is 6.08 Å². The third kappa shape index (κ3) is 5.04. The van der Waals surface area contributed by atoms with Crippen LogP contribution in [0.2, 0.25) is 0 Å². The van der Waals surface area contributed by atoms with Crippen molar-refractivity contribution >= 4 is 50.9 Å². The SMILES string of the molecule is CCC(C)Oc1c(Br)cc(/C=C2/SC(=O)N(CC(=O)OC)C2=O)cc1OC. The quantitative estimate of drug-likeness (QED) is 0.454. The molecule has 0 N–H and O–H groups in total. The molecule has 2 amide bonds. The molecule has 1 aromatic rings. The van der Waals surface area contributed by atoms with Crippen LogP contribution in [0.15, 0.2) is 21.5 Å². The molecule has 0 saturated carbocycles. The Labute approximate surface area is 170 Å². The largest absolute Gasteiger partial charge is 0.493 e. The van der Waals surface area contributed by atoms with E-state index in [0.717, 1.165) is 23.1 Å². The predicted molar refractivity (Wildman–Crippen MR) is 106 cm³/mol. The van der Waals surface area contributed by atoms with Crippen LogP contribution in [0.5, 0.6) is 11.5 Å². The van der Waals surface area contributed by atoms with E-state index in [2.05, 4.69) is 20.7 Å². The topological polar surface area (TPSA) is 82.1 Å². The maximum Gasteiger partial charge on any atom is 0.325 e. The number of carbonyl (C=O) groups excluding carboxylic acids is 3. The van der Waals surface area contributed by atoms with Crippen molar-refractivity contribution in [2.75, 3.05) is 20.8 Å². The number of esters is 1. The maximum atomic E-state index is 12.4. The highest BCUT2D eigenvalue weighted by atomic mass is 79.9. The minimum absolute atomic E-state index is 0.0101. The van der Waals surface area contributed by atoms with Gasteiger partial charge in [-0.25, -0.2) is 0 Å². The van der Waals surface area contributed by atoms with Gasteiger partial charge in [0, 0.05) is 0 Å². The smallest absolute Gasteiger partial charge is 0.325 e. The van der Waals surface area contributed by atoms with Gasteiger partial charge in [-0.1, -0.05) is 6.92 Å². The summed E-state index contributed by atoms with van der Waals surface area (Å²) < 4.78 is 16.5. The van der Waals surface area contributed by atoms with E-state index in [4.69, 9.17) is 9.47 Å². The molecule has 1 atom stereocenters. The number of nitrogens with zero attached hydrogens (tertiary/aromatic N) is 1. The molecule has 0 aromatic heterocycles. The van der Waals surface area contributed by atoms with Gasteiger partial charge in [0.25, 0.3) is 11.1 Å². The first-order valence-electron chi connectivity index (χ1n) is 8.17. The Bertz CT molecular complexity index is 794. The lowest BCUT2D eigenvalue weighted by Crippen LogP contribution is -2.34. The van der Waals surface area contributed by atoms with Crippen molar-refractivity contribution in [2.24, 2.45) is 0 Å². The molecule has 0 aliphatic carbocycles. The Morgan fingerprint density at radius 2 is 2.04 bits per heavy atom. The average molecular weight is 458 g/mol. The van der Waals surface area contributed by atoms with E-state index in [1.165, 1.54) is 14.2 Å². The van der Waals surface area contributed by atoms with Crippen LogP contribution in [0, 0.1) is 0 Å². The summed E-state index contributed by atoms with van der Waals surface area (Å²) in [6.45, 7) is 3.56. The van der Waals surface area contributed by atoms with Gasteiger partial charge in [0.15, 0.2) is 11.5 Å². The first kappa shape index (κ1) is 21.3. The summed E-state index contributed by atoms with van der Waals surface area (Å²) in [5, 5.41) is -0.514. The molecule has 0 bridgehead atoms. The second kappa shape index (κ2) is 9.27. The maximum absolute atomic E-state index is 12.4. The molecule has 146 valence electrons. The fraction of sp³-hybridized carbons (Fsp3) is 0.389. The van der Waals surface area contributed by atoms with Crippen molar-refractivity contribution in [1.82, 2.24) is 4.90 Å². The average Bonchev–Trinajstić information content (AvgIpc) is 2.90. The zero-order valence-corrected chi connectivity index (χ0v) is 17.8. The van der Waals surface area contributed by atoms with Crippen molar-refractivity contribution in [1.29, 1.82) is 0 Å². The number of benzene rings is 1. The molecule has 27 heavy (non-hydrogen) atoms. The highest BCUT2D eigenvalue weighted by Gasteiger charge is 2.36. The van der Waals surface area contributed by atoms with Crippen LogP contribution in [0.1, 0.15) is 25.8 Å². The number of hydrogen-bond acceptors (Lipinski definition) is 7. The molecular formula is C18H20BrNO6S. The highest BCUT2D eigenvalue weighted by Crippen LogP contribution is 2.39. The van der Waals surface area contributed by atoms with Crippen LogP contribution in [-0.4, -0.2) is 48.9 Å². The third-order valence-electron chi connectivity index (χ3n) is 3.83. The number of thioether (sulfide) groups is 1. The molecule has 1 fully saturated rings. The summed E-state index contributed by atoms with van der Waals surface area (Å²) in [7, 11) is 2.73. The highest BCUT2D eigenvalue weighted by molar-refractivity contribution is 9.10. The number of ether oxygens (including phenoxy) is 3.